The molecule has 20 heavy (non-hydrogen) atoms. The molecule has 2 rings (SSSR count). The largest absolute Gasteiger partial charge is 0.508 e. The fourth-order valence-electron chi connectivity index (χ4n) is 2.30. The predicted molar refractivity (Wildman–Crippen MR) is 88.4 cm³/mol. The van der Waals surface area contributed by atoms with E-state index in [2.05, 4.69) is 60.2 Å². The van der Waals surface area contributed by atoms with Crippen molar-refractivity contribution in [3.05, 3.63) is 57.6 Å². The van der Waals surface area contributed by atoms with Crippen molar-refractivity contribution in [3.63, 3.8) is 0 Å². The lowest BCUT2D eigenvalue weighted by molar-refractivity contribution is 0.462. The van der Waals surface area contributed by atoms with Crippen LogP contribution in [0.1, 0.15) is 36.1 Å². The summed E-state index contributed by atoms with van der Waals surface area (Å²) < 4.78 is 0.978. The van der Waals surface area contributed by atoms with E-state index < -0.39 is 0 Å². The zero-order valence-electron chi connectivity index (χ0n) is 12.1. The van der Waals surface area contributed by atoms with Gasteiger partial charge in [0.2, 0.25) is 0 Å². The maximum Gasteiger partial charge on any atom is 0.120 e. The van der Waals surface area contributed by atoms with Crippen LogP contribution < -0.4 is 5.32 Å². The van der Waals surface area contributed by atoms with E-state index in [1.54, 1.807) is 6.07 Å². The molecular weight excluding hydrogens is 314 g/mol. The molecule has 0 aliphatic carbocycles. The fourth-order valence-corrected chi connectivity index (χ4v) is 2.68. The molecule has 2 aromatic carbocycles. The van der Waals surface area contributed by atoms with Crippen molar-refractivity contribution >= 4 is 21.6 Å². The average Bonchev–Trinajstić information content (AvgIpc) is 2.43. The van der Waals surface area contributed by atoms with Gasteiger partial charge in [-0.1, -0.05) is 35.0 Å². The first-order valence-corrected chi connectivity index (χ1v) is 7.63. The Labute approximate surface area is 129 Å². The van der Waals surface area contributed by atoms with E-state index in [4.69, 9.17) is 0 Å². The summed E-state index contributed by atoms with van der Waals surface area (Å²) in [5, 5.41) is 13.6. The molecule has 0 spiro atoms. The third-order valence-corrected chi connectivity index (χ3v) is 4.20. The molecular formula is C17H20BrNO. The van der Waals surface area contributed by atoms with Crippen LogP contribution in [0.25, 0.3) is 0 Å². The number of phenols is 1. The number of aryl methyl sites for hydroxylation is 1. The molecule has 2 nitrogen and oxygen atoms in total. The number of hydrogen-bond acceptors (Lipinski definition) is 2. The zero-order valence-corrected chi connectivity index (χ0v) is 13.7. The first-order chi connectivity index (χ1) is 9.52. The monoisotopic (exact) mass is 333 g/mol. The lowest BCUT2D eigenvalue weighted by Gasteiger charge is -2.22. The van der Waals surface area contributed by atoms with Crippen LogP contribution in [0.4, 0.5) is 5.69 Å². The van der Waals surface area contributed by atoms with Crippen LogP contribution in [-0.2, 0) is 0 Å². The molecule has 0 aliphatic heterocycles. The van der Waals surface area contributed by atoms with Crippen molar-refractivity contribution in [2.45, 2.75) is 33.2 Å². The van der Waals surface area contributed by atoms with Gasteiger partial charge in [-0.2, -0.15) is 0 Å². The molecule has 0 aliphatic rings. The van der Waals surface area contributed by atoms with Gasteiger partial charge in [-0.25, -0.2) is 0 Å². The number of halogens is 1. The van der Waals surface area contributed by atoms with Crippen molar-refractivity contribution in [1.29, 1.82) is 0 Å². The van der Waals surface area contributed by atoms with Gasteiger partial charge in [0, 0.05) is 15.7 Å². The van der Waals surface area contributed by atoms with E-state index >= 15 is 0 Å². The van der Waals surface area contributed by atoms with E-state index in [1.165, 1.54) is 11.1 Å². The summed E-state index contributed by atoms with van der Waals surface area (Å²) in [5.41, 5.74) is 4.56. The van der Waals surface area contributed by atoms with Crippen molar-refractivity contribution in [3.8, 4) is 5.75 Å². The Bertz CT molecular complexity index is 610. The SMILES string of the molecule is CCC(Nc1cccc(C)c1C)c1cc(Br)ccc1O. The Morgan fingerprint density at radius 2 is 1.95 bits per heavy atom. The van der Waals surface area contributed by atoms with Gasteiger partial charge < -0.3 is 10.4 Å². The maximum absolute atomic E-state index is 10.1. The second kappa shape index (κ2) is 6.31. The molecule has 0 amide bonds. The second-order valence-corrected chi connectivity index (χ2v) is 5.97. The van der Waals surface area contributed by atoms with Gasteiger partial charge in [-0.05, 0) is 55.7 Å². The van der Waals surface area contributed by atoms with Crippen LogP contribution in [0.15, 0.2) is 40.9 Å². The molecule has 2 aromatic rings. The van der Waals surface area contributed by atoms with Gasteiger partial charge in [0.25, 0.3) is 0 Å². The third-order valence-electron chi connectivity index (χ3n) is 3.71. The van der Waals surface area contributed by atoms with E-state index in [-0.39, 0.29) is 6.04 Å². The minimum Gasteiger partial charge on any atom is -0.508 e. The number of nitrogens with one attached hydrogen (secondary N) is 1. The van der Waals surface area contributed by atoms with Gasteiger partial charge in [0.1, 0.15) is 5.75 Å². The van der Waals surface area contributed by atoms with E-state index in [0.29, 0.717) is 5.75 Å². The lowest BCUT2D eigenvalue weighted by atomic mass is 10.0. The highest BCUT2D eigenvalue weighted by Gasteiger charge is 2.15. The van der Waals surface area contributed by atoms with Crippen LogP contribution in [0.3, 0.4) is 0 Å². The molecule has 0 saturated heterocycles. The summed E-state index contributed by atoms with van der Waals surface area (Å²) in [4.78, 5) is 0. The van der Waals surface area contributed by atoms with Gasteiger partial charge in [-0.3, -0.25) is 0 Å². The standard InChI is InChI=1S/C17H20BrNO/c1-4-15(14-10-13(18)8-9-17(14)20)19-16-7-5-6-11(2)12(16)3/h5-10,15,19-20H,4H2,1-3H3. The normalized spacial score (nSPS) is 12.2. The summed E-state index contributed by atoms with van der Waals surface area (Å²) in [7, 11) is 0. The Kier molecular flexibility index (Phi) is 4.71. The molecule has 106 valence electrons. The number of phenolic OH excluding ortho intramolecular Hbond substituents is 1. The summed E-state index contributed by atoms with van der Waals surface area (Å²) in [5.74, 6) is 0.331. The van der Waals surface area contributed by atoms with Crippen LogP contribution in [-0.4, -0.2) is 5.11 Å². The first kappa shape index (κ1) is 14.9. The summed E-state index contributed by atoms with van der Waals surface area (Å²) in [6.07, 6.45) is 0.900. The topological polar surface area (TPSA) is 32.3 Å². The molecule has 0 fully saturated rings. The number of anilines is 1. The van der Waals surface area contributed by atoms with Gasteiger partial charge in [0.15, 0.2) is 0 Å². The molecule has 0 bridgehead atoms. The third kappa shape index (κ3) is 3.15. The zero-order chi connectivity index (χ0) is 14.7. The molecule has 0 radical (unpaired) electrons. The summed E-state index contributed by atoms with van der Waals surface area (Å²) in [6, 6.07) is 11.9. The molecule has 2 N–H and O–H groups in total. The van der Waals surface area contributed by atoms with Gasteiger partial charge in [0.05, 0.1) is 6.04 Å². The molecule has 1 unspecified atom stereocenters. The number of rotatable bonds is 4. The highest BCUT2D eigenvalue weighted by molar-refractivity contribution is 9.10. The number of hydrogen-bond donors (Lipinski definition) is 2. The Balaban J connectivity index is 2.34. The highest BCUT2D eigenvalue weighted by Crippen LogP contribution is 2.33. The molecule has 0 aromatic heterocycles. The first-order valence-electron chi connectivity index (χ1n) is 6.84. The van der Waals surface area contributed by atoms with Crippen LogP contribution in [0, 0.1) is 13.8 Å². The quantitative estimate of drug-likeness (QED) is 0.791. The van der Waals surface area contributed by atoms with Crippen molar-refractivity contribution in [2.75, 3.05) is 5.32 Å². The molecule has 3 heteroatoms. The molecule has 0 saturated carbocycles. The van der Waals surface area contributed by atoms with Crippen LogP contribution in [0.5, 0.6) is 5.75 Å². The summed E-state index contributed by atoms with van der Waals surface area (Å²) >= 11 is 3.47. The van der Waals surface area contributed by atoms with Crippen LogP contribution >= 0.6 is 15.9 Å². The maximum atomic E-state index is 10.1. The lowest BCUT2D eigenvalue weighted by Crippen LogP contribution is -2.11. The number of benzene rings is 2. The van der Waals surface area contributed by atoms with Crippen molar-refractivity contribution in [1.82, 2.24) is 0 Å². The van der Waals surface area contributed by atoms with Crippen molar-refractivity contribution in [2.24, 2.45) is 0 Å². The van der Waals surface area contributed by atoms with Gasteiger partial charge >= 0.3 is 0 Å². The minimum atomic E-state index is 0.0907. The van der Waals surface area contributed by atoms with E-state index in [0.717, 1.165) is 22.1 Å². The highest BCUT2D eigenvalue weighted by atomic mass is 79.9. The fraction of sp³-hybridized carbons (Fsp3) is 0.294. The Morgan fingerprint density at radius 1 is 1.20 bits per heavy atom. The smallest absolute Gasteiger partial charge is 0.120 e. The van der Waals surface area contributed by atoms with E-state index in [9.17, 15) is 5.11 Å². The number of aromatic hydroxyl groups is 1. The Morgan fingerprint density at radius 3 is 2.65 bits per heavy atom. The second-order valence-electron chi connectivity index (χ2n) is 5.06. The van der Waals surface area contributed by atoms with Gasteiger partial charge in [-0.15, -0.1) is 0 Å². The Hall–Kier alpha value is -1.48. The molecule has 1 atom stereocenters. The molecule has 0 heterocycles. The average molecular weight is 334 g/mol. The van der Waals surface area contributed by atoms with Crippen LogP contribution in [0.2, 0.25) is 0 Å². The predicted octanol–water partition coefficient (Wildman–Crippen LogP) is 5.33. The minimum absolute atomic E-state index is 0.0907. The van der Waals surface area contributed by atoms with Crippen molar-refractivity contribution < 1.29 is 5.11 Å². The van der Waals surface area contributed by atoms with E-state index in [1.807, 2.05) is 12.1 Å². The summed E-state index contributed by atoms with van der Waals surface area (Å²) in [6.45, 7) is 6.34.